The summed E-state index contributed by atoms with van der Waals surface area (Å²) in [6.07, 6.45) is 6.94. The molecule has 23 heavy (non-hydrogen) atoms. The Hall–Kier alpha value is -1.85. The molecule has 6 nitrogen and oxygen atoms in total. The molecule has 1 aromatic heterocycles. The quantitative estimate of drug-likeness (QED) is 0.900. The zero-order chi connectivity index (χ0) is 16.2. The van der Waals surface area contributed by atoms with E-state index in [1.165, 1.54) is 11.3 Å². The SMILES string of the molecule is Cc1cn[nH]c1C1CCCN(C(=O)CCCN2CCCC2=O)C1. The maximum atomic E-state index is 12.5. The van der Waals surface area contributed by atoms with Crippen LogP contribution in [0.25, 0.3) is 0 Å². The number of aryl methyl sites for hydroxylation is 1. The highest BCUT2D eigenvalue weighted by atomic mass is 16.2. The van der Waals surface area contributed by atoms with Gasteiger partial charge in [0, 0.05) is 50.6 Å². The van der Waals surface area contributed by atoms with Gasteiger partial charge in [-0.3, -0.25) is 14.7 Å². The summed E-state index contributed by atoms with van der Waals surface area (Å²) in [5, 5.41) is 7.19. The highest BCUT2D eigenvalue weighted by Crippen LogP contribution is 2.27. The van der Waals surface area contributed by atoms with E-state index in [0.29, 0.717) is 18.8 Å². The first-order chi connectivity index (χ1) is 11.1. The van der Waals surface area contributed by atoms with Gasteiger partial charge in [0.2, 0.25) is 11.8 Å². The van der Waals surface area contributed by atoms with E-state index in [-0.39, 0.29) is 11.8 Å². The van der Waals surface area contributed by atoms with Gasteiger partial charge in [0.25, 0.3) is 0 Å². The zero-order valence-corrected chi connectivity index (χ0v) is 13.9. The van der Waals surface area contributed by atoms with Crippen LogP contribution in [0, 0.1) is 6.92 Å². The molecule has 2 amide bonds. The van der Waals surface area contributed by atoms with E-state index < -0.39 is 0 Å². The molecule has 3 rings (SSSR count). The number of amides is 2. The standard InChI is InChI=1S/C17H26N4O2/c1-13-11-18-19-17(13)14-5-2-10-21(12-14)16(23)7-4-9-20-8-3-6-15(20)22/h11,14H,2-10,12H2,1H3,(H,18,19). The molecule has 0 spiro atoms. The molecule has 1 N–H and O–H groups in total. The first-order valence-electron chi connectivity index (χ1n) is 8.70. The fraction of sp³-hybridized carbons (Fsp3) is 0.706. The average Bonchev–Trinajstić information content (AvgIpc) is 3.16. The molecule has 0 aliphatic carbocycles. The largest absolute Gasteiger partial charge is 0.343 e. The van der Waals surface area contributed by atoms with Gasteiger partial charge < -0.3 is 9.80 Å². The minimum Gasteiger partial charge on any atom is -0.343 e. The summed E-state index contributed by atoms with van der Waals surface area (Å²) in [6, 6.07) is 0. The summed E-state index contributed by atoms with van der Waals surface area (Å²) < 4.78 is 0. The minimum absolute atomic E-state index is 0.221. The monoisotopic (exact) mass is 318 g/mol. The van der Waals surface area contributed by atoms with Gasteiger partial charge in [0.15, 0.2) is 0 Å². The van der Waals surface area contributed by atoms with Crippen molar-refractivity contribution in [3.8, 4) is 0 Å². The first kappa shape index (κ1) is 16.0. The van der Waals surface area contributed by atoms with Crippen molar-refractivity contribution < 1.29 is 9.59 Å². The lowest BCUT2D eigenvalue weighted by atomic mass is 9.92. The molecule has 3 heterocycles. The van der Waals surface area contributed by atoms with Crippen molar-refractivity contribution in [2.45, 2.75) is 51.4 Å². The fourth-order valence-corrected chi connectivity index (χ4v) is 3.73. The van der Waals surface area contributed by atoms with Gasteiger partial charge in [-0.1, -0.05) is 0 Å². The molecular weight excluding hydrogens is 292 g/mol. The van der Waals surface area contributed by atoms with Crippen LogP contribution in [0.15, 0.2) is 6.20 Å². The Morgan fingerprint density at radius 3 is 2.96 bits per heavy atom. The fourth-order valence-electron chi connectivity index (χ4n) is 3.73. The number of aromatic amines is 1. The molecule has 2 fully saturated rings. The van der Waals surface area contributed by atoms with E-state index in [1.54, 1.807) is 0 Å². The molecule has 2 saturated heterocycles. The molecule has 2 aliphatic heterocycles. The van der Waals surface area contributed by atoms with Crippen molar-refractivity contribution in [2.24, 2.45) is 0 Å². The Morgan fingerprint density at radius 2 is 2.26 bits per heavy atom. The highest BCUT2D eigenvalue weighted by Gasteiger charge is 2.26. The topological polar surface area (TPSA) is 69.3 Å². The van der Waals surface area contributed by atoms with Crippen molar-refractivity contribution in [1.82, 2.24) is 20.0 Å². The number of carbonyl (C=O) groups excluding carboxylic acids is 2. The van der Waals surface area contributed by atoms with Crippen molar-refractivity contribution in [3.05, 3.63) is 17.5 Å². The third-order valence-electron chi connectivity index (χ3n) is 5.04. The summed E-state index contributed by atoms with van der Waals surface area (Å²) in [5.41, 5.74) is 2.35. The van der Waals surface area contributed by atoms with Crippen LogP contribution in [-0.4, -0.2) is 58.0 Å². The molecule has 1 unspecified atom stereocenters. The summed E-state index contributed by atoms with van der Waals surface area (Å²) >= 11 is 0. The second kappa shape index (κ2) is 7.15. The van der Waals surface area contributed by atoms with E-state index in [9.17, 15) is 9.59 Å². The average molecular weight is 318 g/mol. The Bertz CT molecular complexity index is 569. The predicted molar refractivity (Wildman–Crippen MR) is 86.9 cm³/mol. The molecule has 6 heteroatoms. The highest BCUT2D eigenvalue weighted by molar-refractivity contribution is 5.78. The van der Waals surface area contributed by atoms with Crippen LogP contribution in [-0.2, 0) is 9.59 Å². The predicted octanol–water partition coefficient (Wildman–Crippen LogP) is 1.83. The third kappa shape index (κ3) is 3.74. The molecule has 1 aromatic rings. The number of H-pyrrole nitrogens is 1. The number of piperidine rings is 1. The van der Waals surface area contributed by atoms with Gasteiger partial charge in [0.1, 0.15) is 0 Å². The zero-order valence-electron chi connectivity index (χ0n) is 13.9. The normalized spacial score (nSPS) is 22.0. The number of hydrogen-bond donors (Lipinski definition) is 1. The molecule has 0 aromatic carbocycles. The Labute approximate surface area is 137 Å². The van der Waals surface area contributed by atoms with Crippen LogP contribution in [0.3, 0.4) is 0 Å². The number of nitrogens with zero attached hydrogens (tertiary/aromatic N) is 3. The second-order valence-electron chi connectivity index (χ2n) is 6.73. The number of aromatic nitrogens is 2. The smallest absolute Gasteiger partial charge is 0.222 e. The molecule has 0 saturated carbocycles. The number of likely N-dealkylation sites (tertiary alicyclic amines) is 2. The van der Waals surface area contributed by atoms with E-state index in [1.807, 2.05) is 16.0 Å². The second-order valence-corrected chi connectivity index (χ2v) is 6.73. The Morgan fingerprint density at radius 1 is 1.39 bits per heavy atom. The van der Waals surface area contributed by atoms with Crippen LogP contribution < -0.4 is 0 Å². The number of carbonyl (C=O) groups is 2. The van der Waals surface area contributed by atoms with Crippen LogP contribution >= 0.6 is 0 Å². The third-order valence-corrected chi connectivity index (χ3v) is 5.04. The van der Waals surface area contributed by atoms with Crippen LogP contribution in [0.1, 0.15) is 55.7 Å². The van der Waals surface area contributed by atoms with Gasteiger partial charge in [-0.25, -0.2) is 0 Å². The lowest BCUT2D eigenvalue weighted by Crippen LogP contribution is -2.39. The summed E-state index contributed by atoms with van der Waals surface area (Å²) in [5.74, 6) is 0.832. The van der Waals surface area contributed by atoms with Gasteiger partial charge in [-0.15, -0.1) is 0 Å². The van der Waals surface area contributed by atoms with Gasteiger partial charge in [0.05, 0.1) is 6.20 Å². The number of nitrogens with one attached hydrogen (secondary N) is 1. The van der Waals surface area contributed by atoms with E-state index in [0.717, 1.165) is 51.9 Å². The molecule has 2 aliphatic rings. The Balaban J connectivity index is 1.47. The molecule has 126 valence electrons. The van der Waals surface area contributed by atoms with Gasteiger partial charge in [-0.05, 0) is 38.2 Å². The number of rotatable bonds is 5. The van der Waals surface area contributed by atoms with Crippen molar-refractivity contribution in [2.75, 3.05) is 26.2 Å². The Kier molecular flexibility index (Phi) is 4.98. The maximum absolute atomic E-state index is 12.5. The van der Waals surface area contributed by atoms with Crippen molar-refractivity contribution in [3.63, 3.8) is 0 Å². The van der Waals surface area contributed by atoms with Crippen molar-refractivity contribution >= 4 is 11.8 Å². The molecule has 0 radical (unpaired) electrons. The van der Waals surface area contributed by atoms with Crippen LogP contribution in [0.2, 0.25) is 0 Å². The first-order valence-corrected chi connectivity index (χ1v) is 8.70. The van der Waals surface area contributed by atoms with Crippen molar-refractivity contribution in [1.29, 1.82) is 0 Å². The molecule has 0 bridgehead atoms. The molecule has 1 atom stereocenters. The van der Waals surface area contributed by atoms with Gasteiger partial charge >= 0.3 is 0 Å². The number of hydrogen-bond acceptors (Lipinski definition) is 3. The minimum atomic E-state index is 0.221. The lowest BCUT2D eigenvalue weighted by molar-refractivity contribution is -0.133. The lowest BCUT2D eigenvalue weighted by Gasteiger charge is -2.33. The van der Waals surface area contributed by atoms with Gasteiger partial charge in [-0.2, -0.15) is 5.10 Å². The van der Waals surface area contributed by atoms with Crippen LogP contribution in [0.4, 0.5) is 0 Å². The van der Waals surface area contributed by atoms with E-state index >= 15 is 0 Å². The summed E-state index contributed by atoms with van der Waals surface area (Å²) in [6.45, 7) is 5.28. The van der Waals surface area contributed by atoms with Crippen LogP contribution in [0.5, 0.6) is 0 Å². The summed E-state index contributed by atoms with van der Waals surface area (Å²) in [7, 11) is 0. The summed E-state index contributed by atoms with van der Waals surface area (Å²) in [4.78, 5) is 27.9. The van der Waals surface area contributed by atoms with E-state index in [4.69, 9.17) is 0 Å². The maximum Gasteiger partial charge on any atom is 0.222 e. The molecular formula is C17H26N4O2. The van der Waals surface area contributed by atoms with E-state index in [2.05, 4.69) is 17.1 Å².